The average molecular weight is 460 g/mol. The molecule has 10 heteroatoms. The van der Waals surface area contributed by atoms with Crippen molar-refractivity contribution in [2.75, 3.05) is 18.4 Å². The molecule has 0 saturated carbocycles. The summed E-state index contributed by atoms with van der Waals surface area (Å²) >= 11 is 2.70. The summed E-state index contributed by atoms with van der Waals surface area (Å²) in [6, 6.07) is 0. The van der Waals surface area contributed by atoms with Crippen LogP contribution in [0.4, 0.5) is 5.13 Å². The van der Waals surface area contributed by atoms with Gasteiger partial charge in [-0.2, -0.15) is 0 Å². The smallest absolute Gasteiger partial charge is 0.267 e. The first-order valence-corrected chi connectivity index (χ1v) is 12.2. The maximum atomic E-state index is 13.0. The van der Waals surface area contributed by atoms with Crippen LogP contribution in [-0.4, -0.2) is 50.6 Å². The molecule has 164 valence electrons. The van der Waals surface area contributed by atoms with Crippen molar-refractivity contribution < 1.29 is 9.53 Å². The van der Waals surface area contributed by atoms with E-state index in [1.807, 2.05) is 12.3 Å². The quantitative estimate of drug-likeness (QED) is 0.645. The summed E-state index contributed by atoms with van der Waals surface area (Å²) in [5.41, 5.74) is 1.60. The lowest BCUT2D eigenvalue weighted by molar-refractivity contribution is -0.0707. The fourth-order valence-electron chi connectivity index (χ4n) is 4.53. The van der Waals surface area contributed by atoms with Crippen LogP contribution < -0.4 is 10.9 Å². The number of thiophene rings is 1. The van der Waals surface area contributed by atoms with Crippen LogP contribution in [0.2, 0.25) is 0 Å². The first-order chi connectivity index (χ1) is 14.9. The zero-order chi connectivity index (χ0) is 21.7. The van der Waals surface area contributed by atoms with E-state index in [1.54, 1.807) is 4.57 Å². The van der Waals surface area contributed by atoms with Crippen LogP contribution in [0.3, 0.4) is 0 Å². The summed E-state index contributed by atoms with van der Waals surface area (Å²) in [6.45, 7) is 9.17. The van der Waals surface area contributed by atoms with Gasteiger partial charge in [0.15, 0.2) is 5.13 Å². The number of morpholine rings is 1. The zero-order valence-electron chi connectivity index (χ0n) is 17.8. The van der Waals surface area contributed by atoms with Gasteiger partial charge in [0.05, 0.1) is 28.2 Å². The van der Waals surface area contributed by atoms with Crippen LogP contribution in [-0.2, 0) is 24.2 Å². The van der Waals surface area contributed by atoms with Gasteiger partial charge in [0.1, 0.15) is 10.7 Å². The third-order valence-electron chi connectivity index (χ3n) is 5.77. The van der Waals surface area contributed by atoms with Crippen molar-refractivity contribution in [1.29, 1.82) is 0 Å². The maximum Gasteiger partial charge on any atom is 0.267 e. The number of aromatic nitrogens is 3. The SMILES string of the molecule is Cc1c(C(=O)Nc2nc(CN3CC(C)OC(C)C3)cs2)sc2nc3n(c(=O)c12)CCC3. The van der Waals surface area contributed by atoms with E-state index < -0.39 is 0 Å². The van der Waals surface area contributed by atoms with Crippen LogP contribution in [0.25, 0.3) is 10.2 Å². The molecule has 1 amide bonds. The number of hydrogen-bond donors (Lipinski definition) is 1. The summed E-state index contributed by atoms with van der Waals surface area (Å²) in [5.74, 6) is 0.585. The molecule has 0 radical (unpaired) electrons. The van der Waals surface area contributed by atoms with Gasteiger partial charge in [-0.15, -0.1) is 22.7 Å². The van der Waals surface area contributed by atoms with E-state index in [2.05, 4.69) is 34.0 Å². The number of amides is 1. The summed E-state index contributed by atoms with van der Waals surface area (Å²) in [4.78, 5) is 38.5. The first-order valence-electron chi connectivity index (χ1n) is 10.6. The highest BCUT2D eigenvalue weighted by molar-refractivity contribution is 7.21. The molecule has 0 spiro atoms. The topological polar surface area (TPSA) is 89.3 Å². The predicted molar refractivity (Wildman–Crippen MR) is 122 cm³/mol. The first kappa shape index (κ1) is 20.7. The van der Waals surface area contributed by atoms with Gasteiger partial charge in [0.2, 0.25) is 0 Å². The van der Waals surface area contributed by atoms with Crippen molar-refractivity contribution in [3.05, 3.63) is 37.7 Å². The Labute approximate surface area is 187 Å². The summed E-state index contributed by atoms with van der Waals surface area (Å²) < 4.78 is 7.53. The molecule has 5 rings (SSSR count). The summed E-state index contributed by atoms with van der Waals surface area (Å²) in [5, 5.41) is 6.03. The molecule has 2 aliphatic rings. The van der Waals surface area contributed by atoms with E-state index >= 15 is 0 Å². The molecule has 31 heavy (non-hydrogen) atoms. The van der Waals surface area contributed by atoms with Crippen molar-refractivity contribution in [3.63, 3.8) is 0 Å². The molecule has 0 aromatic carbocycles. The number of thiazole rings is 1. The molecule has 0 aliphatic carbocycles. The number of aryl methyl sites for hydroxylation is 2. The summed E-state index contributed by atoms with van der Waals surface area (Å²) in [7, 11) is 0. The number of carbonyl (C=O) groups excluding carboxylic acids is 1. The van der Waals surface area contributed by atoms with Gasteiger partial charge < -0.3 is 4.74 Å². The minimum absolute atomic E-state index is 0.0317. The minimum Gasteiger partial charge on any atom is -0.373 e. The number of nitrogens with zero attached hydrogens (tertiary/aromatic N) is 4. The van der Waals surface area contributed by atoms with Crippen molar-refractivity contribution in [3.8, 4) is 0 Å². The van der Waals surface area contributed by atoms with Gasteiger partial charge in [-0.1, -0.05) is 0 Å². The van der Waals surface area contributed by atoms with E-state index in [0.717, 1.165) is 44.0 Å². The normalized spacial score (nSPS) is 21.5. The number of rotatable bonds is 4. The summed E-state index contributed by atoms with van der Waals surface area (Å²) in [6.07, 6.45) is 2.17. The second-order valence-electron chi connectivity index (χ2n) is 8.37. The molecule has 0 bridgehead atoms. The van der Waals surface area contributed by atoms with Gasteiger partial charge in [-0.25, -0.2) is 9.97 Å². The predicted octanol–water partition coefficient (Wildman–Crippen LogP) is 3.03. The molecular formula is C21H25N5O3S2. The standard InChI is InChI=1S/C21H25N5O3S2/c1-11-7-25(8-12(2)29-11)9-14-10-30-21(22-14)24-18(27)17-13(3)16-19(31-17)23-15-5-4-6-26(15)20(16)28/h10-12H,4-9H2,1-3H3,(H,22,24,27). The Morgan fingerprint density at radius 1 is 1.29 bits per heavy atom. The highest BCUT2D eigenvalue weighted by Gasteiger charge is 2.25. The highest BCUT2D eigenvalue weighted by Crippen LogP contribution is 2.30. The second kappa shape index (κ2) is 8.09. The van der Waals surface area contributed by atoms with E-state index in [1.165, 1.54) is 22.7 Å². The largest absolute Gasteiger partial charge is 0.373 e. The molecule has 2 atom stereocenters. The van der Waals surface area contributed by atoms with Gasteiger partial charge in [-0.05, 0) is 32.8 Å². The van der Waals surface area contributed by atoms with Crippen LogP contribution in [0, 0.1) is 6.92 Å². The van der Waals surface area contributed by atoms with Crippen molar-refractivity contribution in [2.45, 2.75) is 58.9 Å². The molecule has 3 aromatic heterocycles. The lowest BCUT2D eigenvalue weighted by atomic mass is 10.2. The molecule has 5 heterocycles. The Balaban J connectivity index is 1.33. The van der Waals surface area contributed by atoms with Crippen molar-refractivity contribution in [1.82, 2.24) is 19.4 Å². The molecule has 3 aromatic rings. The molecular weight excluding hydrogens is 434 g/mol. The molecule has 8 nitrogen and oxygen atoms in total. The number of nitrogens with one attached hydrogen (secondary N) is 1. The van der Waals surface area contributed by atoms with E-state index in [0.29, 0.717) is 32.3 Å². The van der Waals surface area contributed by atoms with Crippen LogP contribution in [0.15, 0.2) is 10.2 Å². The Morgan fingerprint density at radius 2 is 2.06 bits per heavy atom. The van der Waals surface area contributed by atoms with Gasteiger partial charge in [0, 0.05) is 38.0 Å². The Hall–Kier alpha value is -2.14. The number of carbonyl (C=O) groups is 1. The van der Waals surface area contributed by atoms with Crippen molar-refractivity contribution in [2.24, 2.45) is 0 Å². The van der Waals surface area contributed by atoms with Crippen LogP contribution in [0.1, 0.15) is 47.0 Å². The van der Waals surface area contributed by atoms with Gasteiger partial charge in [-0.3, -0.25) is 24.4 Å². The van der Waals surface area contributed by atoms with Crippen LogP contribution >= 0.6 is 22.7 Å². The fraction of sp³-hybridized carbons (Fsp3) is 0.524. The Bertz CT molecular complexity index is 1200. The van der Waals surface area contributed by atoms with Crippen molar-refractivity contribution >= 4 is 43.9 Å². The molecule has 2 unspecified atom stereocenters. The third kappa shape index (κ3) is 3.93. The van der Waals surface area contributed by atoms with E-state index in [4.69, 9.17) is 4.74 Å². The number of ether oxygens (including phenoxy) is 1. The number of hydrogen-bond acceptors (Lipinski definition) is 8. The lowest BCUT2D eigenvalue weighted by Gasteiger charge is -2.34. The Morgan fingerprint density at radius 3 is 2.84 bits per heavy atom. The van der Waals surface area contributed by atoms with Gasteiger partial charge >= 0.3 is 0 Å². The minimum atomic E-state index is -0.237. The molecule has 1 saturated heterocycles. The lowest BCUT2D eigenvalue weighted by Crippen LogP contribution is -2.44. The van der Waals surface area contributed by atoms with Gasteiger partial charge in [0.25, 0.3) is 11.5 Å². The zero-order valence-corrected chi connectivity index (χ0v) is 19.4. The fourth-order valence-corrected chi connectivity index (χ4v) is 6.31. The Kier molecular flexibility index (Phi) is 5.41. The number of fused-ring (bicyclic) bond motifs is 2. The second-order valence-corrected chi connectivity index (χ2v) is 10.2. The van der Waals surface area contributed by atoms with Crippen LogP contribution in [0.5, 0.6) is 0 Å². The van der Waals surface area contributed by atoms with E-state index in [-0.39, 0.29) is 23.7 Å². The molecule has 2 aliphatic heterocycles. The highest BCUT2D eigenvalue weighted by atomic mass is 32.1. The molecule has 1 fully saturated rings. The average Bonchev–Trinajstić information content (AvgIpc) is 3.41. The monoisotopic (exact) mass is 459 g/mol. The van der Waals surface area contributed by atoms with E-state index in [9.17, 15) is 9.59 Å². The molecule has 1 N–H and O–H groups in total. The maximum absolute atomic E-state index is 13.0. The number of anilines is 1. The third-order valence-corrected chi connectivity index (χ3v) is 7.76.